The van der Waals surface area contributed by atoms with E-state index in [0.717, 1.165) is 12.1 Å². The molecule has 0 radical (unpaired) electrons. The van der Waals surface area contributed by atoms with Crippen LogP contribution in [0.15, 0.2) is 30.3 Å². The number of rotatable bonds is 2. The Labute approximate surface area is 127 Å². The van der Waals surface area contributed by atoms with Gasteiger partial charge in [0.2, 0.25) is 0 Å². The molecule has 3 rings (SSSR count). The SMILES string of the molecule is Fc1ccc(-n2c(CCl)nc3ccc(F)c(F)c32)cc1Cl. The molecule has 2 aromatic carbocycles. The van der Waals surface area contributed by atoms with Gasteiger partial charge in [-0.2, -0.15) is 0 Å². The molecule has 0 atom stereocenters. The Balaban J connectivity index is 2.39. The van der Waals surface area contributed by atoms with Gasteiger partial charge in [0.15, 0.2) is 11.6 Å². The lowest BCUT2D eigenvalue weighted by atomic mass is 10.2. The first-order valence-electron chi connectivity index (χ1n) is 5.89. The lowest BCUT2D eigenvalue weighted by Crippen LogP contribution is -2.01. The second-order valence-electron chi connectivity index (χ2n) is 4.32. The molecule has 0 N–H and O–H groups in total. The van der Waals surface area contributed by atoms with Gasteiger partial charge in [0.25, 0.3) is 0 Å². The van der Waals surface area contributed by atoms with Gasteiger partial charge in [-0.3, -0.25) is 4.57 Å². The van der Waals surface area contributed by atoms with Crippen molar-refractivity contribution in [2.24, 2.45) is 0 Å². The number of halogens is 5. The Morgan fingerprint density at radius 1 is 1.05 bits per heavy atom. The van der Waals surface area contributed by atoms with Gasteiger partial charge in [-0.25, -0.2) is 18.2 Å². The number of nitrogens with zero attached hydrogens (tertiary/aromatic N) is 2. The number of aromatic nitrogens is 2. The normalized spacial score (nSPS) is 11.3. The van der Waals surface area contributed by atoms with Crippen molar-refractivity contribution >= 4 is 34.2 Å². The average Bonchev–Trinajstić information content (AvgIpc) is 2.85. The zero-order valence-electron chi connectivity index (χ0n) is 10.4. The van der Waals surface area contributed by atoms with Crippen LogP contribution in [0.3, 0.4) is 0 Å². The molecular weight excluding hydrogens is 324 g/mol. The predicted molar refractivity (Wildman–Crippen MR) is 75.5 cm³/mol. The van der Waals surface area contributed by atoms with Crippen molar-refractivity contribution in [1.82, 2.24) is 9.55 Å². The van der Waals surface area contributed by atoms with Gasteiger partial charge >= 0.3 is 0 Å². The predicted octanol–water partition coefficient (Wildman–Crippen LogP) is 4.84. The van der Waals surface area contributed by atoms with Crippen LogP contribution < -0.4 is 0 Å². The molecule has 0 fully saturated rings. The summed E-state index contributed by atoms with van der Waals surface area (Å²) in [7, 11) is 0. The van der Waals surface area contributed by atoms with Gasteiger partial charge < -0.3 is 0 Å². The molecule has 0 aliphatic rings. The van der Waals surface area contributed by atoms with Crippen molar-refractivity contribution in [3.05, 3.63) is 58.6 Å². The molecule has 0 spiro atoms. The van der Waals surface area contributed by atoms with Crippen LogP contribution in [-0.4, -0.2) is 9.55 Å². The molecule has 0 saturated heterocycles. The smallest absolute Gasteiger partial charge is 0.185 e. The summed E-state index contributed by atoms with van der Waals surface area (Å²) >= 11 is 11.5. The summed E-state index contributed by atoms with van der Waals surface area (Å²) in [6, 6.07) is 6.18. The summed E-state index contributed by atoms with van der Waals surface area (Å²) in [5.41, 5.74) is 0.544. The summed E-state index contributed by atoms with van der Waals surface area (Å²) in [6.45, 7) is 0. The van der Waals surface area contributed by atoms with E-state index in [0.29, 0.717) is 11.5 Å². The van der Waals surface area contributed by atoms with E-state index in [1.54, 1.807) is 0 Å². The molecule has 0 aliphatic heterocycles. The second-order valence-corrected chi connectivity index (χ2v) is 5.00. The summed E-state index contributed by atoms with van der Waals surface area (Å²) < 4.78 is 42.1. The minimum absolute atomic E-state index is 0.0231. The maximum absolute atomic E-state index is 14.1. The quantitative estimate of drug-likeness (QED) is 0.615. The Hall–Kier alpha value is -1.72. The van der Waals surface area contributed by atoms with Crippen LogP contribution in [0.1, 0.15) is 5.82 Å². The monoisotopic (exact) mass is 330 g/mol. The molecule has 0 saturated carbocycles. The minimum Gasteiger partial charge on any atom is -0.292 e. The van der Waals surface area contributed by atoms with E-state index in [-0.39, 0.29) is 21.9 Å². The van der Waals surface area contributed by atoms with Crippen LogP contribution in [0.5, 0.6) is 0 Å². The van der Waals surface area contributed by atoms with Crippen molar-refractivity contribution in [3.8, 4) is 5.69 Å². The van der Waals surface area contributed by atoms with E-state index in [1.807, 2.05) is 0 Å². The molecule has 1 aromatic heterocycles. The van der Waals surface area contributed by atoms with E-state index < -0.39 is 17.5 Å². The Morgan fingerprint density at radius 2 is 1.76 bits per heavy atom. The third kappa shape index (κ3) is 2.26. The molecule has 21 heavy (non-hydrogen) atoms. The van der Waals surface area contributed by atoms with Gasteiger partial charge in [0, 0.05) is 5.69 Å². The average molecular weight is 331 g/mol. The van der Waals surface area contributed by atoms with Crippen molar-refractivity contribution in [2.45, 2.75) is 5.88 Å². The summed E-state index contributed by atoms with van der Waals surface area (Å²) in [5, 5.41) is -0.133. The highest BCUT2D eigenvalue weighted by atomic mass is 35.5. The number of alkyl halides is 1. The van der Waals surface area contributed by atoms with E-state index in [9.17, 15) is 13.2 Å². The maximum atomic E-state index is 14.1. The Kier molecular flexibility index (Phi) is 3.55. The topological polar surface area (TPSA) is 17.8 Å². The molecule has 0 unspecified atom stereocenters. The molecule has 0 amide bonds. The summed E-state index contributed by atoms with van der Waals surface area (Å²) in [4.78, 5) is 4.15. The molecule has 7 heteroatoms. The van der Waals surface area contributed by atoms with Crippen molar-refractivity contribution in [3.63, 3.8) is 0 Å². The highest BCUT2D eigenvalue weighted by Gasteiger charge is 2.18. The number of fused-ring (bicyclic) bond motifs is 1. The van der Waals surface area contributed by atoms with Crippen LogP contribution in [0, 0.1) is 17.5 Å². The highest BCUT2D eigenvalue weighted by Crippen LogP contribution is 2.28. The fraction of sp³-hybridized carbons (Fsp3) is 0.0714. The van der Waals surface area contributed by atoms with E-state index in [4.69, 9.17) is 23.2 Å². The van der Waals surface area contributed by atoms with Crippen LogP contribution in [0.2, 0.25) is 5.02 Å². The zero-order valence-corrected chi connectivity index (χ0v) is 11.9. The van der Waals surface area contributed by atoms with Gasteiger partial charge in [-0.05, 0) is 30.3 Å². The molecule has 3 aromatic rings. The van der Waals surface area contributed by atoms with Gasteiger partial charge in [-0.15, -0.1) is 11.6 Å². The van der Waals surface area contributed by atoms with Crippen molar-refractivity contribution in [1.29, 1.82) is 0 Å². The third-order valence-electron chi connectivity index (χ3n) is 3.06. The first-order chi connectivity index (χ1) is 10.0. The minimum atomic E-state index is -1.04. The zero-order chi connectivity index (χ0) is 15.1. The van der Waals surface area contributed by atoms with Crippen LogP contribution in [0.4, 0.5) is 13.2 Å². The van der Waals surface area contributed by atoms with E-state index in [1.165, 1.54) is 22.8 Å². The Morgan fingerprint density at radius 3 is 2.43 bits per heavy atom. The summed E-state index contributed by atoms with van der Waals surface area (Å²) in [5.74, 6) is -2.37. The number of hydrogen-bond acceptors (Lipinski definition) is 1. The van der Waals surface area contributed by atoms with Crippen molar-refractivity contribution < 1.29 is 13.2 Å². The highest BCUT2D eigenvalue weighted by molar-refractivity contribution is 6.30. The third-order valence-corrected chi connectivity index (χ3v) is 3.59. The lowest BCUT2D eigenvalue weighted by molar-refractivity contribution is 0.514. The molecular formula is C14H7Cl2F3N2. The molecule has 2 nitrogen and oxygen atoms in total. The number of hydrogen-bond donors (Lipinski definition) is 0. The summed E-state index contributed by atoms with van der Waals surface area (Å²) in [6.07, 6.45) is 0. The van der Waals surface area contributed by atoms with Crippen LogP contribution in [0.25, 0.3) is 16.7 Å². The van der Waals surface area contributed by atoms with Gasteiger partial charge in [-0.1, -0.05) is 11.6 Å². The van der Waals surface area contributed by atoms with E-state index in [2.05, 4.69) is 4.98 Å². The molecule has 1 heterocycles. The second kappa shape index (κ2) is 5.24. The number of benzene rings is 2. The van der Waals surface area contributed by atoms with Crippen LogP contribution in [-0.2, 0) is 5.88 Å². The van der Waals surface area contributed by atoms with Crippen molar-refractivity contribution in [2.75, 3.05) is 0 Å². The fourth-order valence-corrected chi connectivity index (χ4v) is 2.50. The maximum Gasteiger partial charge on any atom is 0.185 e. The molecule has 0 aliphatic carbocycles. The molecule has 108 valence electrons. The fourth-order valence-electron chi connectivity index (χ4n) is 2.14. The largest absolute Gasteiger partial charge is 0.292 e. The first kappa shape index (κ1) is 14.2. The molecule has 0 bridgehead atoms. The lowest BCUT2D eigenvalue weighted by Gasteiger charge is -2.09. The Bertz CT molecular complexity index is 846. The van der Waals surface area contributed by atoms with Crippen LogP contribution >= 0.6 is 23.2 Å². The first-order valence-corrected chi connectivity index (χ1v) is 6.81. The number of imidazole rings is 1. The van der Waals surface area contributed by atoms with Gasteiger partial charge in [0.05, 0.1) is 16.4 Å². The van der Waals surface area contributed by atoms with E-state index >= 15 is 0 Å². The standard InChI is InChI=1S/C14H7Cl2F3N2/c15-6-12-20-11-4-3-10(18)13(19)14(11)21(12)7-1-2-9(17)8(16)5-7/h1-5H,6H2. The van der Waals surface area contributed by atoms with Gasteiger partial charge in [0.1, 0.15) is 17.2 Å².